The maximum atomic E-state index is 14.0. The maximum absolute atomic E-state index is 14.0. The Morgan fingerprint density at radius 2 is 1.31 bits per heavy atom. The third-order valence-corrected chi connectivity index (χ3v) is 11.6. The van der Waals surface area contributed by atoms with E-state index in [4.69, 9.17) is 9.72 Å². The number of halogens is 1. The number of hydrogen-bond acceptors (Lipinski definition) is 4. The van der Waals surface area contributed by atoms with Crippen molar-refractivity contribution in [3.8, 4) is 39.6 Å². The second kappa shape index (κ2) is 16.4. The Hall–Kier alpha value is -6.49. The predicted octanol–water partition coefficient (Wildman–Crippen LogP) is 14.9. The molecule has 3 heterocycles. The van der Waals surface area contributed by atoms with Gasteiger partial charge >= 0.3 is 0 Å². The first kappa shape index (κ1) is 40.9. The zero-order valence-electron chi connectivity index (χ0n) is 35.1. The van der Waals surface area contributed by atoms with Crippen molar-refractivity contribution in [3.63, 3.8) is 0 Å². The van der Waals surface area contributed by atoms with E-state index in [-0.39, 0.29) is 32.3 Å². The van der Waals surface area contributed by atoms with Crippen LogP contribution in [0.5, 0.6) is 11.5 Å². The fourth-order valence-corrected chi connectivity index (χ4v) is 8.48. The molecular weight excluding hydrogens is 947 g/mol. The molecule has 10 rings (SSSR count). The molecule has 0 saturated carbocycles. The SMILES string of the molecule is CC(C)c1ccccc1-c1cc(Oc2[c-]c3c(cc2)c2ccccc2n3-c2cc(C(C)(C)C)ccn2)[c-]c(N2[CH-]N(c3ccccc3-c3ccc(F)cc3)c3ccccc32)c1.[Pt]. The molecule has 0 atom stereocenters. The van der Waals surface area contributed by atoms with Gasteiger partial charge in [-0.2, -0.15) is 6.07 Å². The van der Waals surface area contributed by atoms with Crippen LogP contribution < -0.4 is 14.5 Å². The van der Waals surface area contributed by atoms with E-state index in [2.05, 4.69) is 183 Å². The van der Waals surface area contributed by atoms with E-state index >= 15 is 0 Å². The molecule has 62 heavy (non-hydrogen) atoms. The van der Waals surface area contributed by atoms with Gasteiger partial charge in [-0.15, -0.1) is 53.6 Å². The van der Waals surface area contributed by atoms with Crippen LogP contribution in [0, 0.1) is 24.6 Å². The molecule has 2 aromatic heterocycles. The number of benzene rings is 7. The molecule has 1 aliphatic rings. The van der Waals surface area contributed by atoms with Crippen LogP contribution >= 0.6 is 0 Å². The van der Waals surface area contributed by atoms with Gasteiger partial charge in [0.05, 0.1) is 0 Å². The van der Waals surface area contributed by atoms with Gasteiger partial charge in [0.15, 0.2) is 0 Å². The van der Waals surface area contributed by atoms with Crippen LogP contribution in [0.15, 0.2) is 164 Å². The van der Waals surface area contributed by atoms with Gasteiger partial charge in [0, 0.05) is 66.9 Å². The van der Waals surface area contributed by atoms with E-state index in [0.717, 1.165) is 72.6 Å². The number of hydrogen-bond donors (Lipinski definition) is 0. The van der Waals surface area contributed by atoms with Gasteiger partial charge in [-0.25, -0.2) is 9.37 Å². The van der Waals surface area contributed by atoms with Gasteiger partial charge in [0.1, 0.15) is 11.6 Å². The second-order valence-electron chi connectivity index (χ2n) is 16.9. The first-order valence-electron chi connectivity index (χ1n) is 20.7. The number of pyridine rings is 1. The summed E-state index contributed by atoms with van der Waals surface area (Å²) in [4.78, 5) is 9.24. The standard InChI is InChI=1S/C55H44FN4O.Pt/c1-36(2)44-14-6-7-15-45(44)38-30-41(58-35-59(52-21-13-12-20-51(52)58)49-18-10-8-16-46(49)37-22-24-40(56)25-23-37)33-43(31-38)61-42-26-27-48-47-17-9-11-19-50(47)60(53(48)34-42)54-32-39(28-29-57-54)55(3,4)5;/h6-32,35-36H,1-5H3;/q-3;. The van der Waals surface area contributed by atoms with E-state index in [1.165, 1.54) is 23.3 Å². The van der Waals surface area contributed by atoms with Crippen LogP contribution in [0.3, 0.4) is 0 Å². The number of ether oxygens (including phenoxy) is 1. The summed E-state index contributed by atoms with van der Waals surface area (Å²) in [6, 6.07) is 60.2. The van der Waals surface area contributed by atoms with Crippen molar-refractivity contribution < 1.29 is 30.2 Å². The number of para-hydroxylation sites is 4. The molecule has 0 saturated heterocycles. The molecule has 0 unspecified atom stereocenters. The quantitative estimate of drug-likeness (QED) is 0.142. The van der Waals surface area contributed by atoms with Crippen molar-refractivity contribution in [3.05, 3.63) is 200 Å². The Morgan fingerprint density at radius 3 is 2.06 bits per heavy atom. The van der Waals surface area contributed by atoms with Crippen molar-refractivity contribution in [1.82, 2.24) is 9.55 Å². The van der Waals surface area contributed by atoms with E-state index in [0.29, 0.717) is 17.4 Å². The van der Waals surface area contributed by atoms with Crippen molar-refractivity contribution in [1.29, 1.82) is 0 Å². The van der Waals surface area contributed by atoms with Crippen LogP contribution in [0.1, 0.15) is 51.7 Å². The summed E-state index contributed by atoms with van der Waals surface area (Å²) in [7, 11) is 0. The van der Waals surface area contributed by atoms with Crippen LogP contribution in [0.2, 0.25) is 0 Å². The van der Waals surface area contributed by atoms with Gasteiger partial charge in [0.25, 0.3) is 0 Å². The molecule has 0 amide bonds. The summed E-state index contributed by atoms with van der Waals surface area (Å²) in [5.74, 6) is 2.01. The van der Waals surface area contributed by atoms with E-state index in [1.807, 2.05) is 36.5 Å². The Morgan fingerprint density at radius 1 is 0.629 bits per heavy atom. The van der Waals surface area contributed by atoms with Gasteiger partial charge in [-0.3, -0.25) is 0 Å². The second-order valence-corrected chi connectivity index (χ2v) is 16.9. The third-order valence-electron chi connectivity index (χ3n) is 11.6. The molecule has 7 aromatic carbocycles. The molecule has 0 spiro atoms. The summed E-state index contributed by atoms with van der Waals surface area (Å²) in [5, 5.41) is 2.19. The molecule has 5 nitrogen and oxygen atoms in total. The molecule has 0 aliphatic carbocycles. The maximum Gasteiger partial charge on any atom is 0.135 e. The number of aromatic nitrogens is 2. The van der Waals surface area contributed by atoms with Crippen LogP contribution in [-0.2, 0) is 26.5 Å². The average Bonchev–Trinajstić information content (AvgIpc) is 3.82. The fraction of sp³-hybridized carbons (Fsp3) is 0.127. The Balaban J connectivity index is 0.00000490. The summed E-state index contributed by atoms with van der Waals surface area (Å²) in [6.45, 7) is 13.2. The van der Waals surface area contributed by atoms with Gasteiger partial charge in [-0.1, -0.05) is 125 Å². The summed E-state index contributed by atoms with van der Waals surface area (Å²) in [5.41, 5.74) is 12.2. The van der Waals surface area contributed by atoms with E-state index in [9.17, 15) is 4.39 Å². The van der Waals surface area contributed by atoms with Crippen molar-refractivity contribution in [2.75, 3.05) is 9.80 Å². The molecule has 9 aromatic rings. The molecule has 0 fully saturated rings. The Bertz CT molecular complexity index is 3090. The number of nitrogens with zero attached hydrogens (tertiary/aromatic N) is 4. The Kier molecular flexibility index (Phi) is 10.8. The molecular formula is C55H44FN4OPt-3. The zero-order chi connectivity index (χ0) is 41.8. The topological polar surface area (TPSA) is 33.5 Å². The molecule has 1 aliphatic heterocycles. The minimum absolute atomic E-state index is 0. The molecule has 0 N–H and O–H groups in total. The van der Waals surface area contributed by atoms with E-state index in [1.54, 1.807) is 0 Å². The smallest absolute Gasteiger partial charge is 0.135 e. The van der Waals surface area contributed by atoms with Crippen LogP contribution in [0.25, 0.3) is 49.9 Å². The van der Waals surface area contributed by atoms with Crippen molar-refractivity contribution in [2.45, 2.75) is 46.0 Å². The molecule has 310 valence electrons. The van der Waals surface area contributed by atoms with Crippen LogP contribution in [-0.4, -0.2) is 9.55 Å². The molecule has 0 radical (unpaired) electrons. The average molecular weight is 991 g/mol. The zero-order valence-corrected chi connectivity index (χ0v) is 37.4. The number of rotatable bonds is 8. The minimum Gasteiger partial charge on any atom is -0.509 e. The van der Waals surface area contributed by atoms with Gasteiger partial charge < -0.3 is 19.1 Å². The van der Waals surface area contributed by atoms with E-state index < -0.39 is 0 Å². The fourth-order valence-electron chi connectivity index (χ4n) is 8.48. The molecule has 0 bridgehead atoms. The number of fused-ring (bicyclic) bond motifs is 4. The van der Waals surface area contributed by atoms with Gasteiger partial charge in [0.2, 0.25) is 0 Å². The monoisotopic (exact) mass is 990 g/mol. The largest absolute Gasteiger partial charge is 0.509 e. The summed E-state index contributed by atoms with van der Waals surface area (Å²) >= 11 is 0. The first-order chi connectivity index (χ1) is 29.6. The first-order valence-corrected chi connectivity index (χ1v) is 20.7. The summed E-state index contributed by atoms with van der Waals surface area (Å²) in [6.07, 6.45) is 1.89. The van der Waals surface area contributed by atoms with Crippen molar-refractivity contribution in [2.24, 2.45) is 0 Å². The predicted molar refractivity (Wildman–Crippen MR) is 248 cm³/mol. The van der Waals surface area contributed by atoms with Crippen molar-refractivity contribution >= 4 is 44.6 Å². The van der Waals surface area contributed by atoms with Gasteiger partial charge in [-0.05, 0) is 87.5 Å². The summed E-state index contributed by atoms with van der Waals surface area (Å²) < 4.78 is 23.1. The normalized spacial score (nSPS) is 12.6. The minimum atomic E-state index is -0.263. The number of anilines is 4. The molecule has 7 heteroatoms. The van der Waals surface area contributed by atoms with Crippen LogP contribution in [0.4, 0.5) is 27.1 Å². The Labute approximate surface area is 377 Å². The third kappa shape index (κ3) is 7.47.